The predicted molar refractivity (Wildman–Crippen MR) is 167 cm³/mol. The molecule has 6 rings (SSSR count). The third-order valence-corrected chi connectivity index (χ3v) is 8.96. The fraction of sp³-hybridized carbons (Fsp3) is 0.343. The van der Waals surface area contributed by atoms with E-state index in [1.165, 1.54) is 4.90 Å². The summed E-state index contributed by atoms with van der Waals surface area (Å²) in [6, 6.07) is 20.9. The lowest BCUT2D eigenvalue weighted by Crippen LogP contribution is -2.44. The fourth-order valence-corrected chi connectivity index (χ4v) is 6.57. The number of rotatable bonds is 10. The van der Waals surface area contributed by atoms with Gasteiger partial charge in [0.25, 0.3) is 11.8 Å². The topological polar surface area (TPSA) is 94.7 Å². The maximum atomic E-state index is 14.3. The van der Waals surface area contributed by atoms with Crippen molar-refractivity contribution in [1.82, 2.24) is 15.2 Å². The molecule has 43 heavy (non-hydrogen) atoms. The van der Waals surface area contributed by atoms with Crippen molar-refractivity contribution in [2.24, 2.45) is 5.92 Å². The Morgan fingerprint density at radius 2 is 1.77 bits per heavy atom. The number of hydrogen-bond donors (Lipinski definition) is 2. The van der Waals surface area contributed by atoms with Crippen LogP contribution in [-0.4, -0.2) is 47.4 Å². The zero-order valence-corrected chi connectivity index (χ0v) is 24.9. The second-order valence-electron chi connectivity index (χ2n) is 11.5. The van der Waals surface area contributed by atoms with Gasteiger partial charge in [-0.3, -0.25) is 14.5 Å². The minimum Gasteiger partial charge on any atom is -0.497 e. The Kier molecular flexibility index (Phi) is 7.93. The molecule has 2 N–H and O–H groups in total. The normalized spacial score (nSPS) is 18.5. The lowest BCUT2D eigenvalue weighted by Gasteiger charge is -2.36. The molecule has 4 amide bonds. The lowest BCUT2D eigenvalue weighted by molar-refractivity contribution is -0.120. The highest BCUT2D eigenvalue weighted by molar-refractivity contribution is 6.24. The van der Waals surface area contributed by atoms with Crippen LogP contribution in [0.5, 0.6) is 5.75 Å². The molecular formula is C35H38N4O4. The second-order valence-corrected chi connectivity index (χ2v) is 11.5. The maximum absolute atomic E-state index is 14.3. The van der Waals surface area contributed by atoms with Crippen LogP contribution in [0.15, 0.2) is 72.8 Å². The highest BCUT2D eigenvalue weighted by Crippen LogP contribution is 2.45. The van der Waals surface area contributed by atoms with Crippen molar-refractivity contribution in [2.45, 2.75) is 58.0 Å². The van der Waals surface area contributed by atoms with Crippen LogP contribution in [0, 0.1) is 5.92 Å². The quantitative estimate of drug-likeness (QED) is 0.207. The first-order valence-corrected chi connectivity index (χ1v) is 15.2. The SMILES string of the molecule is CCCC[C@H](CC)CNC(=O)c1ccccc1N1C(=O)[C@@H]2Cc3c([nH]c4ccccc34)[C@@H](c3ccc(OC)cc3)N2C1=O. The summed E-state index contributed by atoms with van der Waals surface area (Å²) in [6.07, 6.45) is 4.64. The van der Waals surface area contributed by atoms with Gasteiger partial charge in [0, 0.05) is 29.6 Å². The van der Waals surface area contributed by atoms with Crippen molar-refractivity contribution in [1.29, 1.82) is 0 Å². The Morgan fingerprint density at radius 3 is 2.51 bits per heavy atom. The fourth-order valence-electron chi connectivity index (χ4n) is 6.57. The Balaban J connectivity index is 1.37. The van der Waals surface area contributed by atoms with E-state index in [0.29, 0.717) is 35.9 Å². The average molecular weight is 579 g/mol. The number of H-pyrrole nitrogens is 1. The highest BCUT2D eigenvalue weighted by Gasteiger charge is 2.53. The van der Waals surface area contributed by atoms with Crippen molar-refractivity contribution in [3.05, 3.63) is 95.2 Å². The van der Waals surface area contributed by atoms with Gasteiger partial charge in [-0.25, -0.2) is 9.69 Å². The molecule has 1 aromatic heterocycles. The van der Waals surface area contributed by atoms with Gasteiger partial charge < -0.3 is 15.0 Å². The number of urea groups is 1. The molecule has 0 spiro atoms. The number of unbranched alkanes of at least 4 members (excludes halogenated alkanes) is 1. The number of nitrogens with one attached hydrogen (secondary N) is 2. The van der Waals surface area contributed by atoms with E-state index in [9.17, 15) is 14.4 Å². The molecule has 3 heterocycles. The number of amides is 4. The van der Waals surface area contributed by atoms with Gasteiger partial charge in [-0.1, -0.05) is 75.6 Å². The summed E-state index contributed by atoms with van der Waals surface area (Å²) < 4.78 is 5.38. The van der Waals surface area contributed by atoms with Gasteiger partial charge in [-0.15, -0.1) is 0 Å². The van der Waals surface area contributed by atoms with Crippen LogP contribution in [0.4, 0.5) is 10.5 Å². The number of aromatic amines is 1. The van der Waals surface area contributed by atoms with Crippen molar-refractivity contribution >= 4 is 34.4 Å². The molecule has 3 aromatic carbocycles. The van der Waals surface area contributed by atoms with E-state index >= 15 is 0 Å². The lowest BCUT2D eigenvalue weighted by atomic mass is 9.89. The molecule has 0 saturated carbocycles. The van der Waals surface area contributed by atoms with Gasteiger partial charge in [-0.2, -0.15) is 0 Å². The minimum absolute atomic E-state index is 0.279. The molecule has 1 saturated heterocycles. The number of para-hydroxylation sites is 2. The number of benzene rings is 3. The van der Waals surface area contributed by atoms with Gasteiger partial charge in [0.05, 0.1) is 18.4 Å². The van der Waals surface area contributed by atoms with Crippen molar-refractivity contribution in [3.8, 4) is 5.75 Å². The smallest absolute Gasteiger partial charge is 0.332 e. The van der Waals surface area contributed by atoms with E-state index in [-0.39, 0.29) is 11.8 Å². The third-order valence-electron chi connectivity index (χ3n) is 8.96. The van der Waals surface area contributed by atoms with Crippen LogP contribution in [-0.2, 0) is 11.2 Å². The Labute approximate surface area is 252 Å². The number of imide groups is 1. The van der Waals surface area contributed by atoms with Crippen molar-refractivity contribution in [3.63, 3.8) is 0 Å². The van der Waals surface area contributed by atoms with Crippen molar-refractivity contribution in [2.75, 3.05) is 18.6 Å². The maximum Gasteiger partial charge on any atom is 0.332 e. The third kappa shape index (κ3) is 5.05. The summed E-state index contributed by atoms with van der Waals surface area (Å²) >= 11 is 0. The van der Waals surface area contributed by atoms with Crippen LogP contribution in [0.25, 0.3) is 10.9 Å². The van der Waals surface area contributed by atoms with Gasteiger partial charge in [0.2, 0.25) is 0 Å². The van der Waals surface area contributed by atoms with Crippen molar-refractivity contribution < 1.29 is 19.1 Å². The van der Waals surface area contributed by atoms with Crippen LogP contribution in [0.2, 0.25) is 0 Å². The monoisotopic (exact) mass is 578 g/mol. The molecule has 1 fully saturated rings. The van der Waals surface area contributed by atoms with E-state index in [1.54, 1.807) is 36.3 Å². The highest BCUT2D eigenvalue weighted by atomic mass is 16.5. The molecule has 4 aromatic rings. The molecule has 222 valence electrons. The summed E-state index contributed by atoms with van der Waals surface area (Å²) in [5, 5.41) is 4.12. The molecule has 0 unspecified atom stereocenters. The number of fused-ring (bicyclic) bond motifs is 4. The largest absolute Gasteiger partial charge is 0.497 e. The van der Waals surface area contributed by atoms with E-state index < -0.39 is 18.1 Å². The van der Waals surface area contributed by atoms with Gasteiger partial charge in [0.1, 0.15) is 17.8 Å². The van der Waals surface area contributed by atoms with Crippen LogP contribution in [0.1, 0.15) is 72.8 Å². The Morgan fingerprint density at radius 1 is 1.02 bits per heavy atom. The number of anilines is 1. The van der Waals surface area contributed by atoms with Crippen LogP contribution < -0.4 is 15.0 Å². The second kappa shape index (κ2) is 12.0. The van der Waals surface area contributed by atoms with Crippen LogP contribution in [0.3, 0.4) is 0 Å². The molecule has 8 heteroatoms. The predicted octanol–water partition coefficient (Wildman–Crippen LogP) is 6.61. The summed E-state index contributed by atoms with van der Waals surface area (Å²) in [5.74, 6) is 0.487. The van der Waals surface area contributed by atoms with E-state index in [2.05, 4.69) is 24.1 Å². The minimum atomic E-state index is -0.707. The van der Waals surface area contributed by atoms with Gasteiger partial charge in [-0.05, 0) is 53.8 Å². The molecule has 3 atom stereocenters. The Bertz CT molecular complexity index is 1660. The number of nitrogens with zero attached hydrogens (tertiary/aromatic N) is 2. The van der Waals surface area contributed by atoms with E-state index in [4.69, 9.17) is 4.74 Å². The molecule has 8 nitrogen and oxygen atoms in total. The number of carbonyl (C=O) groups excluding carboxylic acids is 3. The first-order chi connectivity index (χ1) is 21.0. The van der Waals surface area contributed by atoms with Crippen LogP contribution >= 0.6 is 0 Å². The molecule has 2 aliphatic rings. The average Bonchev–Trinajstić information content (AvgIpc) is 3.53. The summed E-state index contributed by atoms with van der Waals surface area (Å²) in [7, 11) is 1.61. The Hall–Kier alpha value is -4.59. The number of aromatic nitrogens is 1. The summed E-state index contributed by atoms with van der Waals surface area (Å²) in [4.78, 5) is 48.5. The summed E-state index contributed by atoms with van der Waals surface area (Å²) in [6.45, 7) is 4.86. The molecule has 0 bridgehead atoms. The van der Waals surface area contributed by atoms with Gasteiger partial charge >= 0.3 is 6.03 Å². The van der Waals surface area contributed by atoms with E-state index in [0.717, 1.165) is 53.4 Å². The molecule has 2 aliphatic heterocycles. The number of hydrogen-bond acceptors (Lipinski definition) is 4. The van der Waals surface area contributed by atoms with Gasteiger partial charge in [0.15, 0.2) is 0 Å². The molecule has 0 radical (unpaired) electrons. The molecule has 0 aliphatic carbocycles. The number of ether oxygens (including phenoxy) is 1. The van der Waals surface area contributed by atoms with E-state index in [1.807, 2.05) is 48.5 Å². The zero-order valence-electron chi connectivity index (χ0n) is 24.9. The number of methoxy groups -OCH3 is 1. The summed E-state index contributed by atoms with van der Waals surface area (Å²) in [5.41, 5.74) is 4.39. The standard InChI is InChI=1S/C35H38N4O4/c1-4-6-11-22(5-2)21-36-33(40)26-13-8-10-15-29(26)39-34(41)30-20-27-25-12-7-9-14-28(25)37-31(27)32(38(30)35(39)42)23-16-18-24(43-3)19-17-23/h7-10,12-19,22,30,32,37H,4-6,11,20-21H2,1-3H3,(H,36,40)/t22-,30-,32+/m0/s1. The first-order valence-electron chi connectivity index (χ1n) is 15.2. The number of carbonyl (C=O) groups is 3. The molecular weight excluding hydrogens is 540 g/mol. The zero-order chi connectivity index (χ0) is 30.1. The first kappa shape index (κ1) is 28.5.